The van der Waals surface area contributed by atoms with Crippen molar-refractivity contribution >= 4 is 11.3 Å². The number of hydrogen-bond acceptors (Lipinski definition) is 5. The number of aryl methyl sites for hydroxylation is 2. The van der Waals surface area contributed by atoms with Crippen molar-refractivity contribution in [3.63, 3.8) is 0 Å². The fourth-order valence-electron chi connectivity index (χ4n) is 3.37. The smallest absolute Gasteiger partial charge is 0.133 e. The van der Waals surface area contributed by atoms with Gasteiger partial charge in [-0.25, -0.2) is 0 Å². The van der Waals surface area contributed by atoms with Crippen molar-refractivity contribution in [2.75, 3.05) is 6.54 Å². The van der Waals surface area contributed by atoms with Gasteiger partial charge in [-0.05, 0) is 30.3 Å². The molecular formula is C17H22N6S. The first-order chi connectivity index (χ1) is 11.8. The molecule has 0 radical (unpaired) electrons. The summed E-state index contributed by atoms with van der Waals surface area (Å²) >= 11 is 1.74. The summed E-state index contributed by atoms with van der Waals surface area (Å²) in [5, 5.41) is 21.6. The molecule has 0 spiro atoms. The van der Waals surface area contributed by atoms with Gasteiger partial charge in [-0.15, -0.1) is 21.5 Å². The summed E-state index contributed by atoms with van der Waals surface area (Å²) in [6.45, 7) is 5.03. The first-order valence-electron chi connectivity index (χ1n) is 8.53. The Bertz CT molecular complexity index is 774. The first kappa shape index (κ1) is 15.5. The minimum atomic E-state index is 0.635. The fraction of sp³-hybridized carbons (Fsp3) is 0.471. The molecule has 1 atom stereocenters. The van der Waals surface area contributed by atoms with E-state index in [0.29, 0.717) is 5.92 Å². The highest BCUT2D eigenvalue weighted by atomic mass is 32.1. The van der Waals surface area contributed by atoms with E-state index >= 15 is 0 Å². The van der Waals surface area contributed by atoms with Crippen molar-refractivity contribution in [3.05, 3.63) is 40.9 Å². The summed E-state index contributed by atoms with van der Waals surface area (Å²) in [5.41, 5.74) is 2.36. The third-order valence-electron chi connectivity index (χ3n) is 4.67. The molecule has 126 valence electrons. The second-order valence-electron chi connectivity index (χ2n) is 6.28. The Labute approximate surface area is 145 Å². The maximum atomic E-state index is 4.30. The molecule has 0 fully saturated rings. The number of H-pyrrole nitrogens is 1. The predicted molar refractivity (Wildman–Crippen MR) is 94.8 cm³/mol. The van der Waals surface area contributed by atoms with Gasteiger partial charge in [0.2, 0.25) is 0 Å². The van der Waals surface area contributed by atoms with Crippen molar-refractivity contribution in [1.82, 2.24) is 30.3 Å². The number of rotatable bonds is 6. The van der Waals surface area contributed by atoms with E-state index in [2.05, 4.69) is 54.7 Å². The molecule has 0 amide bonds. The number of aromatic nitrogens is 5. The van der Waals surface area contributed by atoms with Gasteiger partial charge in [0.1, 0.15) is 11.6 Å². The van der Waals surface area contributed by atoms with Crippen molar-refractivity contribution in [1.29, 1.82) is 0 Å². The van der Waals surface area contributed by atoms with Crippen LogP contribution < -0.4 is 5.32 Å². The number of fused-ring (bicyclic) bond motifs is 1. The third-order valence-corrected chi connectivity index (χ3v) is 5.56. The van der Waals surface area contributed by atoms with Crippen LogP contribution in [0.25, 0.3) is 10.6 Å². The van der Waals surface area contributed by atoms with E-state index in [9.17, 15) is 0 Å². The van der Waals surface area contributed by atoms with Gasteiger partial charge in [0, 0.05) is 31.5 Å². The van der Waals surface area contributed by atoms with Crippen LogP contribution in [0.2, 0.25) is 0 Å². The molecule has 3 aromatic heterocycles. The second kappa shape index (κ2) is 6.86. The molecule has 0 aliphatic carbocycles. The highest BCUT2D eigenvalue weighted by Gasteiger charge is 2.22. The molecule has 1 aliphatic rings. The maximum Gasteiger partial charge on any atom is 0.133 e. The second-order valence-corrected chi connectivity index (χ2v) is 7.23. The molecule has 1 aliphatic heterocycles. The van der Waals surface area contributed by atoms with Crippen LogP contribution in [0.3, 0.4) is 0 Å². The molecule has 24 heavy (non-hydrogen) atoms. The number of thiophene rings is 1. The zero-order valence-corrected chi connectivity index (χ0v) is 14.6. The first-order valence-corrected chi connectivity index (χ1v) is 9.41. The average molecular weight is 342 g/mol. The van der Waals surface area contributed by atoms with Crippen LogP contribution in [0.4, 0.5) is 0 Å². The molecule has 1 unspecified atom stereocenters. The van der Waals surface area contributed by atoms with Crippen molar-refractivity contribution in [3.8, 4) is 10.6 Å². The molecule has 6 nitrogen and oxygen atoms in total. The molecule has 2 N–H and O–H groups in total. The van der Waals surface area contributed by atoms with Gasteiger partial charge < -0.3 is 9.88 Å². The Morgan fingerprint density at radius 3 is 3.21 bits per heavy atom. The number of aromatic amines is 1. The molecule has 0 saturated heterocycles. The fourth-order valence-corrected chi connectivity index (χ4v) is 4.12. The van der Waals surface area contributed by atoms with Gasteiger partial charge in [-0.1, -0.05) is 13.0 Å². The summed E-state index contributed by atoms with van der Waals surface area (Å²) in [7, 11) is 0. The summed E-state index contributed by atoms with van der Waals surface area (Å²) in [5.74, 6) is 2.90. The lowest BCUT2D eigenvalue weighted by atomic mass is 9.99. The van der Waals surface area contributed by atoms with E-state index in [1.807, 2.05) is 6.20 Å². The Kier molecular flexibility index (Phi) is 4.44. The minimum absolute atomic E-state index is 0.635. The molecule has 4 rings (SSSR count). The van der Waals surface area contributed by atoms with Crippen LogP contribution in [-0.4, -0.2) is 31.5 Å². The SMILES string of the molecule is CCc1nnc2n1CC(CNCc1cn[nH]c1-c1cccs1)CC2. The number of nitrogens with zero attached hydrogens (tertiary/aromatic N) is 4. The molecule has 0 bridgehead atoms. The predicted octanol–water partition coefficient (Wildman–Crippen LogP) is 2.64. The van der Waals surface area contributed by atoms with E-state index in [4.69, 9.17) is 0 Å². The third kappa shape index (κ3) is 3.01. The molecule has 7 heteroatoms. The molecular weight excluding hydrogens is 320 g/mol. The Morgan fingerprint density at radius 2 is 2.38 bits per heavy atom. The molecule has 3 aromatic rings. The van der Waals surface area contributed by atoms with Crippen LogP contribution >= 0.6 is 11.3 Å². The summed E-state index contributed by atoms with van der Waals surface area (Å²) in [4.78, 5) is 1.24. The lowest BCUT2D eigenvalue weighted by Crippen LogP contribution is -2.30. The number of hydrogen-bond donors (Lipinski definition) is 2. The zero-order valence-electron chi connectivity index (χ0n) is 13.8. The summed E-state index contributed by atoms with van der Waals surface area (Å²) < 4.78 is 2.31. The van der Waals surface area contributed by atoms with Crippen molar-refractivity contribution in [2.45, 2.75) is 39.3 Å². The van der Waals surface area contributed by atoms with Crippen molar-refractivity contribution < 1.29 is 0 Å². The van der Waals surface area contributed by atoms with E-state index < -0.39 is 0 Å². The van der Waals surface area contributed by atoms with Gasteiger partial charge in [0.05, 0.1) is 16.8 Å². The van der Waals surface area contributed by atoms with E-state index in [-0.39, 0.29) is 0 Å². The lowest BCUT2D eigenvalue weighted by molar-refractivity contribution is 0.342. The van der Waals surface area contributed by atoms with E-state index in [0.717, 1.165) is 49.8 Å². The zero-order chi connectivity index (χ0) is 16.4. The van der Waals surface area contributed by atoms with Crippen molar-refractivity contribution in [2.24, 2.45) is 5.92 Å². The van der Waals surface area contributed by atoms with Gasteiger partial charge in [-0.2, -0.15) is 5.10 Å². The largest absolute Gasteiger partial charge is 0.315 e. The van der Waals surface area contributed by atoms with Crippen LogP contribution in [0.1, 0.15) is 30.6 Å². The average Bonchev–Trinajstić information content (AvgIpc) is 3.34. The molecule has 4 heterocycles. The van der Waals surface area contributed by atoms with Gasteiger partial charge in [0.15, 0.2) is 0 Å². The monoisotopic (exact) mass is 342 g/mol. The summed E-state index contributed by atoms with van der Waals surface area (Å²) in [6.07, 6.45) is 5.09. The van der Waals surface area contributed by atoms with Crippen LogP contribution in [0.5, 0.6) is 0 Å². The van der Waals surface area contributed by atoms with Gasteiger partial charge >= 0.3 is 0 Å². The summed E-state index contributed by atoms with van der Waals surface area (Å²) in [6, 6.07) is 4.20. The Morgan fingerprint density at radius 1 is 1.42 bits per heavy atom. The molecule has 0 saturated carbocycles. The van der Waals surface area contributed by atoms with Crippen LogP contribution in [0.15, 0.2) is 23.7 Å². The Balaban J connectivity index is 1.35. The Hall–Kier alpha value is -1.99. The maximum absolute atomic E-state index is 4.30. The van der Waals surface area contributed by atoms with Crippen LogP contribution in [-0.2, 0) is 25.9 Å². The number of nitrogens with one attached hydrogen (secondary N) is 2. The minimum Gasteiger partial charge on any atom is -0.315 e. The van der Waals surface area contributed by atoms with Gasteiger partial charge in [0.25, 0.3) is 0 Å². The quantitative estimate of drug-likeness (QED) is 0.722. The molecule has 0 aromatic carbocycles. The highest BCUT2D eigenvalue weighted by molar-refractivity contribution is 7.13. The topological polar surface area (TPSA) is 71.4 Å². The standard InChI is InChI=1S/C17H22N6S/c1-2-15-20-21-16-6-5-12(11-23(15)16)8-18-9-13-10-19-22-17(13)14-4-3-7-24-14/h3-4,7,10,12,18H,2,5-6,8-9,11H2,1H3,(H,19,22). The van der Waals surface area contributed by atoms with E-state index in [1.165, 1.54) is 16.9 Å². The van der Waals surface area contributed by atoms with E-state index in [1.54, 1.807) is 11.3 Å². The lowest BCUT2D eigenvalue weighted by Gasteiger charge is -2.24. The normalized spacial score (nSPS) is 17.1. The van der Waals surface area contributed by atoms with Gasteiger partial charge in [-0.3, -0.25) is 5.10 Å². The van der Waals surface area contributed by atoms with Crippen LogP contribution in [0, 0.1) is 5.92 Å². The highest BCUT2D eigenvalue weighted by Crippen LogP contribution is 2.26.